The van der Waals surface area contributed by atoms with Crippen molar-refractivity contribution in [2.45, 2.75) is 13.0 Å². The van der Waals surface area contributed by atoms with Gasteiger partial charge in [-0.05, 0) is 12.1 Å². The molecule has 142 valence electrons. The van der Waals surface area contributed by atoms with Crippen molar-refractivity contribution in [1.29, 1.82) is 0 Å². The summed E-state index contributed by atoms with van der Waals surface area (Å²) >= 11 is 0. The number of nitrogens with zero attached hydrogens (tertiary/aromatic N) is 2. The van der Waals surface area contributed by atoms with Crippen LogP contribution in [0.4, 0.5) is 0 Å². The zero-order valence-electron chi connectivity index (χ0n) is 14.4. The number of halogens is 2. The molecule has 2 heterocycles. The molecule has 1 unspecified atom stereocenters. The number of carbonyl (C=O) groups excluding carboxylic acids is 1. The summed E-state index contributed by atoms with van der Waals surface area (Å²) in [5.41, 5.74) is 0. The van der Waals surface area contributed by atoms with E-state index in [0.717, 1.165) is 50.8 Å². The highest BCUT2D eigenvalue weighted by Crippen LogP contribution is 2.31. The molecule has 1 fully saturated rings. The highest BCUT2D eigenvalue weighted by Gasteiger charge is 2.25. The molecule has 1 aromatic rings. The van der Waals surface area contributed by atoms with Crippen molar-refractivity contribution >= 4 is 30.8 Å². The highest BCUT2D eigenvalue weighted by atomic mass is 35.5. The van der Waals surface area contributed by atoms with E-state index in [2.05, 4.69) is 9.80 Å². The molecule has 1 atom stereocenters. The molecule has 1 aromatic carbocycles. The van der Waals surface area contributed by atoms with Crippen molar-refractivity contribution in [3.8, 4) is 11.5 Å². The second-order valence-electron chi connectivity index (χ2n) is 5.98. The number of hydrogen-bond acceptors (Lipinski definition) is 6. The van der Waals surface area contributed by atoms with Gasteiger partial charge in [0.2, 0.25) is 0 Å². The first-order valence-electron chi connectivity index (χ1n) is 8.17. The van der Waals surface area contributed by atoms with Gasteiger partial charge in [-0.15, -0.1) is 24.8 Å². The molecule has 0 amide bonds. The lowest BCUT2D eigenvalue weighted by Crippen LogP contribution is -2.51. The Morgan fingerprint density at radius 1 is 1.12 bits per heavy atom. The predicted molar refractivity (Wildman–Crippen MR) is 100 cm³/mol. The van der Waals surface area contributed by atoms with Crippen LogP contribution in [0.15, 0.2) is 24.3 Å². The third-order valence-electron chi connectivity index (χ3n) is 4.21. The van der Waals surface area contributed by atoms with Crippen LogP contribution in [0.1, 0.15) is 6.92 Å². The van der Waals surface area contributed by atoms with Crippen LogP contribution in [-0.2, 0) is 9.53 Å². The number of carbonyl (C=O) groups is 1. The molecule has 2 aliphatic heterocycles. The van der Waals surface area contributed by atoms with Gasteiger partial charge in [0.1, 0.15) is 19.3 Å². The molecule has 0 saturated carbocycles. The summed E-state index contributed by atoms with van der Waals surface area (Å²) in [5, 5.41) is 0. The molecule has 0 aliphatic carbocycles. The van der Waals surface area contributed by atoms with E-state index in [1.54, 1.807) is 0 Å². The molecular weight excluding hydrogens is 367 g/mol. The molecule has 8 heteroatoms. The zero-order chi connectivity index (χ0) is 16.1. The first-order valence-corrected chi connectivity index (χ1v) is 8.17. The number of esters is 1. The molecule has 1 saturated heterocycles. The van der Waals surface area contributed by atoms with Gasteiger partial charge >= 0.3 is 5.97 Å². The number of para-hydroxylation sites is 2. The fourth-order valence-corrected chi connectivity index (χ4v) is 2.95. The first kappa shape index (κ1) is 21.8. The number of rotatable bonds is 5. The third kappa shape index (κ3) is 6.55. The number of benzene rings is 1. The molecule has 6 nitrogen and oxygen atoms in total. The Labute approximate surface area is 161 Å². The van der Waals surface area contributed by atoms with Gasteiger partial charge in [-0.25, -0.2) is 0 Å². The van der Waals surface area contributed by atoms with Crippen molar-refractivity contribution in [3.63, 3.8) is 0 Å². The average Bonchev–Trinajstić information content (AvgIpc) is 2.56. The first-order chi connectivity index (χ1) is 11.2. The number of hydrogen-bond donors (Lipinski definition) is 0. The smallest absolute Gasteiger partial charge is 0.302 e. The van der Waals surface area contributed by atoms with E-state index in [0.29, 0.717) is 13.2 Å². The minimum atomic E-state index is -0.210. The largest absolute Gasteiger partial charge is 0.486 e. The van der Waals surface area contributed by atoms with E-state index in [-0.39, 0.29) is 36.9 Å². The second-order valence-corrected chi connectivity index (χ2v) is 5.98. The molecule has 0 spiro atoms. The van der Waals surface area contributed by atoms with Crippen LogP contribution in [-0.4, -0.2) is 74.4 Å². The van der Waals surface area contributed by atoms with Crippen LogP contribution in [0.2, 0.25) is 0 Å². The molecule has 0 bridgehead atoms. The Morgan fingerprint density at radius 3 is 2.44 bits per heavy atom. The van der Waals surface area contributed by atoms with Gasteiger partial charge in [-0.1, -0.05) is 12.1 Å². The van der Waals surface area contributed by atoms with Crippen molar-refractivity contribution in [1.82, 2.24) is 9.80 Å². The van der Waals surface area contributed by atoms with Gasteiger partial charge in [-0.3, -0.25) is 14.6 Å². The van der Waals surface area contributed by atoms with Crippen molar-refractivity contribution < 1.29 is 19.0 Å². The maximum absolute atomic E-state index is 10.8. The molecular formula is C17H26Cl2N2O4. The Balaban J connectivity index is 0.00000156. The molecule has 25 heavy (non-hydrogen) atoms. The Morgan fingerprint density at radius 2 is 1.76 bits per heavy atom. The van der Waals surface area contributed by atoms with E-state index in [1.807, 2.05) is 24.3 Å². The van der Waals surface area contributed by atoms with E-state index in [9.17, 15) is 4.79 Å². The van der Waals surface area contributed by atoms with Gasteiger partial charge in [0.05, 0.1) is 0 Å². The van der Waals surface area contributed by atoms with Crippen LogP contribution >= 0.6 is 24.8 Å². The number of ether oxygens (including phenoxy) is 3. The van der Waals surface area contributed by atoms with Crippen molar-refractivity contribution in [3.05, 3.63) is 24.3 Å². The summed E-state index contributed by atoms with van der Waals surface area (Å²) in [6.45, 7) is 8.20. The summed E-state index contributed by atoms with van der Waals surface area (Å²) in [6.07, 6.45) is 0.0810. The lowest BCUT2D eigenvalue weighted by Gasteiger charge is -2.37. The summed E-state index contributed by atoms with van der Waals surface area (Å²) in [5.74, 6) is 1.46. The van der Waals surface area contributed by atoms with E-state index in [4.69, 9.17) is 14.2 Å². The fourth-order valence-electron chi connectivity index (χ4n) is 2.95. The number of piperazine rings is 1. The van der Waals surface area contributed by atoms with Crippen LogP contribution in [0, 0.1) is 0 Å². The summed E-state index contributed by atoms with van der Waals surface area (Å²) in [7, 11) is 0. The van der Waals surface area contributed by atoms with Gasteiger partial charge in [-0.2, -0.15) is 0 Å². The van der Waals surface area contributed by atoms with E-state index >= 15 is 0 Å². The average molecular weight is 393 g/mol. The molecule has 0 radical (unpaired) electrons. The standard InChI is InChI=1S/C17H24N2O4.2ClH/c1-14(20)21-11-10-18-6-8-19(9-7-18)12-15-13-22-16-4-2-3-5-17(16)23-15;;/h2-5,15H,6-13H2,1H3;2*1H. The lowest BCUT2D eigenvalue weighted by atomic mass is 10.2. The fraction of sp³-hybridized carbons (Fsp3) is 0.588. The lowest BCUT2D eigenvalue weighted by molar-refractivity contribution is -0.141. The summed E-state index contributed by atoms with van der Waals surface area (Å²) in [4.78, 5) is 15.5. The molecule has 0 aromatic heterocycles. The monoisotopic (exact) mass is 392 g/mol. The number of fused-ring (bicyclic) bond motifs is 1. The van der Waals surface area contributed by atoms with Crippen molar-refractivity contribution in [2.24, 2.45) is 0 Å². The maximum atomic E-state index is 10.8. The second kappa shape index (κ2) is 10.7. The van der Waals surface area contributed by atoms with Gasteiger partial charge < -0.3 is 14.2 Å². The van der Waals surface area contributed by atoms with E-state index in [1.165, 1.54) is 6.92 Å². The van der Waals surface area contributed by atoms with Crippen LogP contribution in [0.3, 0.4) is 0 Å². The van der Waals surface area contributed by atoms with Crippen molar-refractivity contribution in [2.75, 3.05) is 52.5 Å². The minimum Gasteiger partial charge on any atom is -0.486 e. The zero-order valence-corrected chi connectivity index (χ0v) is 16.0. The quantitative estimate of drug-likeness (QED) is 0.712. The Bertz CT molecular complexity index is 539. The maximum Gasteiger partial charge on any atom is 0.302 e. The topological polar surface area (TPSA) is 51.2 Å². The van der Waals surface area contributed by atoms with Gasteiger partial charge in [0, 0.05) is 46.2 Å². The molecule has 2 aliphatic rings. The van der Waals surface area contributed by atoms with E-state index < -0.39 is 0 Å². The Kier molecular flexibility index (Phi) is 9.35. The highest BCUT2D eigenvalue weighted by molar-refractivity contribution is 5.85. The minimum absolute atomic E-state index is 0. The summed E-state index contributed by atoms with van der Waals surface area (Å²) < 4.78 is 16.8. The van der Waals surface area contributed by atoms with Crippen LogP contribution < -0.4 is 9.47 Å². The van der Waals surface area contributed by atoms with Gasteiger partial charge in [0.15, 0.2) is 11.5 Å². The predicted octanol–water partition coefficient (Wildman–Crippen LogP) is 1.85. The van der Waals surface area contributed by atoms with Gasteiger partial charge in [0.25, 0.3) is 0 Å². The molecule has 0 N–H and O–H groups in total. The van der Waals surface area contributed by atoms with Crippen LogP contribution in [0.25, 0.3) is 0 Å². The summed E-state index contributed by atoms with van der Waals surface area (Å²) in [6, 6.07) is 7.81. The molecule has 3 rings (SSSR count). The normalized spacial score (nSPS) is 20.1. The van der Waals surface area contributed by atoms with Crippen LogP contribution in [0.5, 0.6) is 11.5 Å². The Hall–Kier alpha value is -1.21. The SMILES string of the molecule is CC(=O)OCCN1CCN(CC2COc3ccccc3O2)CC1.Cl.Cl. The third-order valence-corrected chi connectivity index (χ3v) is 4.21.